The van der Waals surface area contributed by atoms with Gasteiger partial charge in [-0.15, -0.1) is 0 Å². The average Bonchev–Trinajstić information content (AvgIpc) is 2.32. The number of piperidine rings is 1. The van der Waals surface area contributed by atoms with Crippen LogP contribution < -0.4 is 10.6 Å². The number of carbonyl (C=O) groups is 1. The van der Waals surface area contributed by atoms with Crippen LogP contribution in [0.3, 0.4) is 0 Å². The fraction of sp³-hybridized carbons (Fsp3) is 0.462. The molecule has 1 aromatic carbocycles. The minimum Gasteiger partial charge on any atom is -0.323 e. The third kappa shape index (κ3) is 3.59. The fourth-order valence-electron chi connectivity index (χ4n) is 2.12. The van der Waals surface area contributed by atoms with Gasteiger partial charge in [-0.2, -0.15) is 0 Å². The second-order valence-electron chi connectivity index (χ2n) is 4.75. The van der Waals surface area contributed by atoms with E-state index in [1.54, 1.807) is 0 Å². The molecule has 1 saturated heterocycles. The Morgan fingerprint density at radius 1 is 1.56 bits per heavy atom. The first-order valence-electron chi connectivity index (χ1n) is 6.05. The van der Waals surface area contributed by atoms with Crippen molar-refractivity contribution in [2.24, 2.45) is 5.92 Å². The number of rotatable bonds is 2. The van der Waals surface area contributed by atoms with E-state index in [0.29, 0.717) is 16.6 Å². The van der Waals surface area contributed by atoms with Crippen LogP contribution in [0.5, 0.6) is 0 Å². The van der Waals surface area contributed by atoms with Gasteiger partial charge in [-0.05, 0) is 66.1 Å². The number of hydrogen-bond donors (Lipinski definition) is 2. The van der Waals surface area contributed by atoms with Crippen molar-refractivity contribution in [2.45, 2.75) is 25.8 Å². The first kappa shape index (κ1) is 14.1. The molecule has 5 heteroatoms. The molecule has 1 aromatic rings. The minimum absolute atomic E-state index is 0.00431. The molecule has 1 aliphatic rings. The second-order valence-corrected chi connectivity index (χ2v) is 6.40. The lowest BCUT2D eigenvalue weighted by atomic mass is 9.94. The van der Waals surface area contributed by atoms with Crippen LogP contribution in [-0.4, -0.2) is 18.5 Å². The maximum atomic E-state index is 12.1. The van der Waals surface area contributed by atoms with Crippen LogP contribution in [-0.2, 0) is 4.79 Å². The summed E-state index contributed by atoms with van der Waals surface area (Å²) in [6, 6.07) is 5.51. The van der Waals surface area contributed by atoms with Crippen LogP contribution in [0.15, 0.2) is 18.2 Å². The van der Waals surface area contributed by atoms with Crippen molar-refractivity contribution in [3.8, 4) is 0 Å². The second kappa shape index (κ2) is 6.21. The zero-order valence-electron chi connectivity index (χ0n) is 10.2. The highest BCUT2D eigenvalue weighted by Crippen LogP contribution is 2.24. The molecular weight excluding hydrogens is 363 g/mol. The summed E-state index contributed by atoms with van der Waals surface area (Å²) in [6.07, 6.45) is 2.02. The van der Waals surface area contributed by atoms with E-state index in [-0.39, 0.29) is 11.9 Å². The Morgan fingerprint density at radius 3 is 3.00 bits per heavy atom. The predicted octanol–water partition coefficient (Wildman–Crippen LogP) is 3.27. The number of nitrogens with one attached hydrogen (secondary N) is 2. The zero-order chi connectivity index (χ0) is 13.1. The van der Waals surface area contributed by atoms with Gasteiger partial charge in [-0.3, -0.25) is 4.79 Å². The summed E-state index contributed by atoms with van der Waals surface area (Å²) in [5.41, 5.74) is 0.683. The van der Waals surface area contributed by atoms with E-state index in [9.17, 15) is 4.79 Å². The van der Waals surface area contributed by atoms with Gasteiger partial charge in [0.15, 0.2) is 0 Å². The molecule has 0 aliphatic carbocycles. The highest BCUT2D eigenvalue weighted by molar-refractivity contribution is 14.1. The molecule has 0 saturated carbocycles. The van der Waals surface area contributed by atoms with Crippen LogP contribution in [0.4, 0.5) is 5.69 Å². The number of halogens is 2. The molecule has 3 nitrogen and oxygen atoms in total. The Bertz CT molecular complexity index is 453. The van der Waals surface area contributed by atoms with Crippen molar-refractivity contribution in [1.82, 2.24) is 5.32 Å². The first-order chi connectivity index (χ1) is 8.56. The van der Waals surface area contributed by atoms with Crippen molar-refractivity contribution in [2.75, 3.05) is 11.9 Å². The molecule has 0 bridgehead atoms. The van der Waals surface area contributed by atoms with E-state index in [2.05, 4.69) is 40.1 Å². The normalized spacial score (nSPS) is 23.7. The van der Waals surface area contributed by atoms with E-state index in [0.717, 1.165) is 23.0 Å². The summed E-state index contributed by atoms with van der Waals surface area (Å²) in [5.74, 6) is 0.596. The van der Waals surface area contributed by atoms with E-state index in [1.165, 1.54) is 0 Å². The SMILES string of the molecule is CC1CCNC(C(=O)Nc2ccc(I)cc2Cl)C1. The molecule has 2 rings (SSSR count). The third-order valence-corrected chi connectivity index (χ3v) is 4.16. The third-order valence-electron chi connectivity index (χ3n) is 3.17. The van der Waals surface area contributed by atoms with Gasteiger partial charge < -0.3 is 10.6 Å². The Labute approximate surface area is 126 Å². The van der Waals surface area contributed by atoms with E-state index in [1.807, 2.05) is 18.2 Å². The summed E-state index contributed by atoms with van der Waals surface area (Å²) in [4.78, 5) is 12.1. The van der Waals surface area contributed by atoms with Crippen LogP contribution in [0.1, 0.15) is 19.8 Å². The standard InChI is InChI=1S/C13H16ClIN2O/c1-8-4-5-16-12(6-8)13(18)17-11-3-2-9(15)7-10(11)14/h2-3,7-8,12,16H,4-6H2,1H3,(H,17,18). The van der Waals surface area contributed by atoms with E-state index >= 15 is 0 Å². The maximum Gasteiger partial charge on any atom is 0.241 e. The Morgan fingerprint density at radius 2 is 2.33 bits per heavy atom. The molecule has 1 fully saturated rings. The smallest absolute Gasteiger partial charge is 0.241 e. The first-order valence-corrected chi connectivity index (χ1v) is 7.51. The topological polar surface area (TPSA) is 41.1 Å². The molecule has 1 heterocycles. The summed E-state index contributed by atoms with van der Waals surface area (Å²) in [7, 11) is 0. The lowest BCUT2D eigenvalue weighted by Gasteiger charge is -2.27. The highest BCUT2D eigenvalue weighted by Gasteiger charge is 2.24. The van der Waals surface area contributed by atoms with Gasteiger partial charge in [-0.1, -0.05) is 18.5 Å². The maximum absolute atomic E-state index is 12.1. The van der Waals surface area contributed by atoms with Crippen LogP contribution in [0.2, 0.25) is 5.02 Å². The number of benzene rings is 1. The van der Waals surface area contributed by atoms with Gasteiger partial charge in [0.05, 0.1) is 16.8 Å². The highest BCUT2D eigenvalue weighted by atomic mass is 127. The summed E-state index contributed by atoms with van der Waals surface area (Å²) >= 11 is 8.29. The molecule has 2 unspecified atom stereocenters. The van der Waals surface area contributed by atoms with E-state index < -0.39 is 0 Å². The van der Waals surface area contributed by atoms with Crippen LogP contribution >= 0.6 is 34.2 Å². The van der Waals surface area contributed by atoms with Crippen LogP contribution in [0.25, 0.3) is 0 Å². The molecule has 98 valence electrons. The van der Waals surface area contributed by atoms with Crippen molar-refractivity contribution >= 4 is 45.8 Å². The Kier molecular flexibility index (Phi) is 4.86. The number of carbonyl (C=O) groups excluding carboxylic acids is 1. The van der Waals surface area contributed by atoms with Gasteiger partial charge in [0.1, 0.15) is 0 Å². The summed E-state index contributed by atoms with van der Waals surface area (Å²) in [6.45, 7) is 3.08. The molecule has 1 aliphatic heterocycles. The Balaban J connectivity index is 2.02. The van der Waals surface area contributed by atoms with Crippen molar-refractivity contribution in [1.29, 1.82) is 0 Å². The Hall–Kier alpha value is -0.330. The van der Waals surface area contributed by atoms with Crippen LogP contribution in [0, 0.1) is 9.49 Å². The molecule has 0 radical (unpaired) electrons. The predicted molar refractivity (Wildman–Crippen MR) is 83.0 cm³/mol. The summed E-state index contributed by atoms with van der Waals surface area (Å²) in [5, 5.41) is 6.72. The van der Waals surface area contributed by atoms with E-state index in [4.69, 9.17) is 11.6 Å². The number of amides is 1. The molecule has 18 heavy (non-hydrogen) atoms. The molecule has 0 spiro atoms. The average molecular weight is 379 g/mol. The molecule has 2 atom stereocenters. The quantitative estimate of drug-likeness (QED) is 0.776. The van der Waals surface area contributed by atoms with Crippen molar-refractivity contribution in [3.63, 3.8) is 0 Å². The molecule has 2 N–H and O–H groups in total. The van der Waals surface area contributed by atoms with Crippen molar-refractivity contribution in [3.05, 3.63) is 26.8 Å². The number of hydrogen-bond acceptors (Lipinski definition) is 2. The number of anilines is 1. The van der Waals surface area contributed by atoms with Gasteiger partial charge in [0, 0.05) is 3.57 Å². The van der Waals surface area contributed by atoms with Crippen molar-refractivity contribution < 1.29 is 4.79 Å². The lowest BCUT2D eigenvalue weighted by molar-refractivity contribution is -0.119. The fourth-order valence-corrected chi connectivity index (χ4v) is 3.02. The minimum atomic E-state index is -0.107. The molecular formula is C13H16ClIN2O. The lowest BCUT2D eigenvalue weighted by Crippen LogP contribution is -2.45. The zero-order valence-corrected chi connectivity index (χ0v) is 13.1. The van der Waals surface area contributed by atoms with Gasteiger partial charge >= 0.3 is 0 Å². The largest absolute Gasteiger partial charge is 0.323 e. The van der Waals surface area contributed by atoms with Gasteiger partial charge in [0.25, 0.3) is 0 Å². The van der Waals surface area contributed by atoms with Gasteiger partial charge in [-0.25, -0.2) is 0 Å². The monoisotopic (exact) mass is 378 g/mol. The van der Waals surface area contributed by atoms with Gasteiger partial charge in [0.2, 0.25) is 5.91 Å². The molecule has 1 amide bonds. The summed E-state index contributed by atoms with van der Waals surface area (Å²) < 4.78 is 1.06. The molecule has 0 aromatic heterocycles.